The van der Waals surface area contributed by atoms with E-state index in [0.29, 0.717) is 12.1 Å². The van der Waals surface area contributed by atoms with Gasteiger partial charge in [0.25, 0.3) is 0 Å². The number of hydrogen-bond acceptors (Lipinski definition) is 5. The molecule has 0 fully saturated rings. The van der Waals surface area contributed by atoms with E-state index >= 15 is 0 Å². The van der Waals surface area contributed by atoms with Gasteiger partial charge < -0.3 is 9.84 Å². The van der Waals surface area contributed by atoms with Crippen molar-refractivity contribution in [2.75, 3.05) is 13.7 Å². The van der Waals surface area contributed by atoms with E-state index < -0.39 is 24.3 Å². The predicted octanol–water partition coefficient (Wildman–Crippen LogP) is 5.37. The molecule has 0 atom stereocenters. The molecule has 0 saturated heterocycles. The van der Waals surface area contributed by atoms with Gasteiger partial charge in [-0.2, -0.15) is 13.2 Å². The summed E-state index contributed by atoms with van der Waals surface area (Å²) in [6.07, 6.45) is -2.80. The van der Waals surface area contributed by atoms with Crippen LogP contribution in [-0.2, 0) is 17.5 Å². The standard InChI is InChI=1S/C22H19F3N2O3S/c1-27(31-20-7-2-3-10-26-20)13-15-8-9-19(30-14-21(28)29)18(11-15)16-5-4-6-17(12-16)22(23,24)25/h2-12H,13-14H2,1H3,(H,28,29). The molecule has 0 radical (unpaired) electrons. The van der Waals surface area contributed by atoms with Crippen LogP contribution in [0.1, 0.15) is 11.1 Å². The maximum Gasteiger partial charge on any atom is 0.416 e. The van der Waals surface area contributed by atoms with Crippen LogP contribution in [-0.4, -0.2) is 34.0 Å². The minimum atomic E-state index is -4.49. The minimum absolute atomic E-state index is 0.200. The third kappa shape index (κ3) is 6.47. The second-order valence-electron chi connectivity index (χ2n) is 6.64. The molecule has 0 spiro atoms. The Hall–Kier alpha value is -3.04. The van der Waals surface area contributed by atoms with Gasteiger partial charge in [0.2, 0.25) is 0 Å². The number of carboxylic acid groups (broad SMARTS) is 1. The first-order chi connectivity index (χ1) is 14.7. The monoisotopic (exact) mass is 448 g/mol. The molecule has 3 aromatic rings. The van der Waals surface area contributed by atoms with Crippen LogP contribution in [0.5, 0.6) is 5.75 Å². The van der Waals surface area contributed by atoms with Crippen molar-refractivity contribution in [3.63, 3.8) is 0 Å². The molecule has 0 aliphatic rings. The molecule has 162 valence electrons. The Labute approximate surface area is 181 Å². The van der Waals surface area contributed by atoms with Gasteiger partial charge in [0.15, 0.2) is 6.61 Å². The van der Waals surface area contributed by atoms with Crippen molar-refractivity contribution in [3.8, 4) is 16.9 Å². The highest BCUT2D eigenvalue weighted by Gasteiger charge is 2.30. The predicted molar refractivity (Wildman–Crippen MR) is 112 cm³/mol. The van der Waals surface area contributed by atoms with E-state index in [2.05, 4.69) is 4.98 Å². The van der Waals surface area contributed by atoms with Crippen LogP contribution < -0.4 is 4.74 Å². The minimum Gasteiger partial charge on any atom is -0.481 e. The Morgan fingerprint density at radius 2 is 1.94 bits per heavy atom. The first-order valence-electron chi connectivity index (χ1n) is 9.17. The highest BCUT2D eigenvalue weighted by molar-refractivity contribution is 7.96. The van der Waals surface area contributed by atoms with Crippen LogP contribution in [0.3, 0.4) is 0 Å². The van der Waals surface area contributed by atoms with Gasteiger partial charge in [0.05, 0.1) is 5.56 Å². The molecule has 1 heterocycles. The SMILES string of the molecule is CN(Cc1ccc(OCC(=O)O)c(-c2cccc(C(F)(F)F)c2)c1)Sc1ccccn1. The Morgan fingerprint density at radius 3 is 2.61 bits per heavy atom. The number of carboxylic acids is 1. The molecule has 0 saturated carbocycles. The van der Waals surface area contributed by atoms with E-state index in [4.69, 9.17) is 9.84 Å². The lowest BCUT2D eigenvalue weighted by atomic mass is 9.99. The van der Waals surface area contributed by atoms with Crippen molar-refractivity contribution >= 4 is 17.9 Å². The van der Waals surface area contributed by atoms with Crippen molar-refractivity contribution < 1.29 is 27.8 Å². The third-order valence-electron chi connectivity index (χ3n) is 4.19. The number of nitrogens with zero attached hydrogens (tertiary/aromatic N) is 2. The largest absolute Gasteiger partial charge is 0.481 e. The summed E-state index contributed by atoms with van der Waals surface area (Å²) in [6, 6.07) is 15.5. The zero-order valence-corrected chi connectivity index (χ0v) is 17.3. The number of aromatic nitrogens is 1. The maximum absolute atomic E-state index is 13.2. The van der Waals surface area contributed by atoms with Crippen LogP contribution in [0.15, 0.2) is 71.9 Å². The number of rotatable bonds is 8. The van der Waals surface area contributed by atoms with Crippen molar-refractivity contribution in [1.82, 2.24) is 9.29 Å². The van der Waals surface area contributed by atoms with Crippen LogP contribution in [0.2, 0.25) is 0 Å². The van der Waals surface area contributed by atoms with E-state index in [1.54, 1.807) is 24.4 Å². The number of alkyl halides is 3. The summed E-state index contributed by atoms with van der Waals surface area (Å²) in [5.41, 5.74) is 0.710. The summed E-state index contributed by atoms with van der Waals surface area (Å²) in [6.45, 7) is -0.118. The number of halogens is 3. The summed E-state index contributed by atoms with van der Waals surface area (Å²) in [7, 11) is 1.87. The first-order valence-corrected chi connectivity index (χ1v) is 9.95. The molecule has 2 aromatic carbocycles. The van der Waals surface area contributed by atoms with Gasteiger partial charge in [0, 0.05) is 18.3 Å². The van der Waals surface area contributed by atoms with Crippen LogP contribution >= 0.6 is 11.9 Å². The van der Waals surface area contributed by atoms with Crippen LogP contribution in [0, 0.1) is 0 Å². The number of carbonyl (C=O) groups is 1. The molecular weight excluding hydrogens is 429 g/mol. The van der Waals surface area contributed by atoms with Gasteiger partial charge in [-0.15, -0.1) is 0 Å². The van der Waals surface area contributed by atoms with Crippen molar-refractivity contribution in [1.29, 1.82) is 0 Å². The van der Waals surface area contributed by atoms with Gasteiger partial charge in [0.1, 0.15) is 10.8 Å². The lowest BCUT2D eigenvalue weighted by Crippen LogP contribution is -2.11. The van der Waals surface area contributed by atoms with E-state index in [1.165, 1.54) is 24.1 Å². The lowest BCUT2D eigenvalue weighted by molar-refractivity contribution is -0.139. The second kappa shape index (κ2) is 9.84. The fourth-order valence-corrected chi connectivity index (χ4v) is 3.66. The van der Waals surface area contributed by atoms with Crippen molar-refractivity contribution in [3.05, 3.63) is 78.0 Å². The highest BCUT2D eigenvalue weighted by Crippen LogP contribution is 2.36. The molecule has 0 unspecified atom stereocenters. The smallest absolute Gasteiger partial charge is 0.416 e. The molecule has 3 rings (SSSR count). The van der Waals surface area contributed by atoms with Gasteiger partial charge >= 0.3 is 12.1 Å². The Bertz CT molecular complexity index is 1050. The van der Waals surface area contributed by atoms with Gasteiger partial charge in [-0.1, -0.05) is 24.3 Å². The number of benzene rings is 2. The van der Waals surface area contributed by atoms with E-state index in [-0.39, 0.29) is 11.3 Å². The summed E-state index contributed by atoms with van der Waals surface area (Å²) >= 11 is 1.43. The van der Waals surface area contributed by atoms with E-state index in [1.807, 2.05) is 29.6 Å². The molecule has 0 bridgehead atoms. The zero-order valence-electron chi connectivity index (χ0n) is 16.5. The molecule has 0 aliphatic carbocycles. The summed E-state index contributed by atoms with van der Waals surface area (Å²) in [4.78, 5) is 15.2. The van der Waals surface area contributed by atoms with Gasteiger partial charge in [-0.05, 0) is 66.5 Å². The number of hydrogen-bond donors (Lipinski definition) is 1. The molecule has 0 aliphatic heterocycles. The molecule has 5 nitrogen and oxygen atoms in total. The van der Waals surface area contributed by atoms with Crippen LogP contribution in [0.25, 0.3) is 11.1 Å². The molecule has 0 amide bonds. The Morgan fingerprint density at radius 1 is 1.13 bits per heavy atom. The van der Waals surface area contributed by atoms with E-state index in [9.17, 15) is 18.0 Å². The van der Waals surface area contributed by atoms with Crippen molar-refractivity contribution in [2.24, 2.45) is 0 Å². The first kappa shape index (κ1) is 22.6. The fraction of sp³-hybridized carbons (Fsp3) is 0.182. The fourth-order valence-electron chi connectivity index (χ4n) is 2.88. The average Bonchev–Trinajstić information content (AvgIpc) is 2.73. The van der Waals surface area contributed by atoms with Gasteiger partial charge in [-0.3, -0.25) is 0 Å². The van der Waals surface area contributed by atoms with Gasteiger partial charge in [-0.25, -0.2) is 14.1 Å². The summed E-state index contributed by atoms with van der Waals surface area (Å²) in [5, 5.41) is 9.72. The second-order valence-corrected chi connectivity index (χ2v) is 7.86. The Balaban J connectivity index is 1.90. The van der Waals surface area contributed by atoms with Crippen LogP contribution in [0.4, 0.5) is 13.2 Å². The quantitative estimate of drug-likeness (QED) is 0.468. The molecule has 31 heavy (non-hydrogen) atoms. The number of aliphatic carboxylic acids is 1. The molecular formula is C22H19F3N2O3S. The summed E-state index contributed by atoms with van der Waals surface area (Å²) in [5.74, 6) is -0.976. The lowest BCUT2D eigenvalue weighted by Gasteiger charge is -2.18. The maximum atomic E-state index is 13.2. The summed E-state index contributed by atoms with van der Waals surface area (Å²) < 4.78 is 46.8. The topological polar surface area (TPSA) is 62.7 Å². The zero-order chi connectivity index (χ0) is 22.4. The highest BCUT2D eigenvalue weighted by atomic mass is 32.2. The normalized spacial score (nSPS) is 11.5. The number of ether oxygens (including phenoxy) is 1. The average molecular weight is 448 g/mol. The molecule has 1 N–H and O–H groups in total. The third-order valence-corrected chi connectivity index (χ3v) is 5.06. The molecule has 1 aromatic heterocycles. The molecule has 9 heteroatoms. The number of pyridine rings is 1. The Kier molecular flexibility index (Phi) is 7.19. The van der Waals surface area contributed by atoms with Crippen molar-refractivity contribution in [2.45, 2.75) is 17.7 Å². The van der Waals surface area contributed by atoms with E-state index in [0.717, 1.165) is 22.7 Å².